The summed E-state index contributed by atoms with van der Waals surface area (Å²) < 4.78 is 5.04. The number of ether oxygens (including phenoxy) is 1. The summed E-state index contributed by atoms with van der Waals surface area (Å²) in [7, 11) is 1.63. The predicted molar refractivity (Wildman–Crippen MR) is 71.6 cm³/mol. The maximum atomic E-state index is 11.8. The maximum Gasteiger partial charge on any atom is 0.224 e. The number of carbonyl (C=O) groups is 1. The minimum atomic E-state index is 0.129. The van der Waals surface area contributed by atoms with E-state index in [9.17, 15) is 4.79 Å². The van der Waals surface area contributed by atoms with Gasteiger partial charge in [0.15, 0.2) is 0 Å². The lowest BCUT2D eigenvalue weighted by atomic mass is 10.2. The minimum absolute atomic E-state index is 0.129. The summed E-state index contributed by atoms with van der Waals surface area (Å²) >= 11 is 0. The van der Waals surface area contributed by atoms with Crippen LogP contribution in [0.3, 0.4) is 0 Å². The Morgan fingerprint density at radius 1 is 1.53 bits per heavy atom. The number of likely N-dealkylation sites (tertiary alicyclic amines) is 1. The van der Waals surface area contributed by atoms with E-state index in [2.05, 4.69) is 22.2 Å². The lowest BCUT2D eigenvalue weighted by Gasteiger charge is -2.16. The SMILES string of the molecule is CCCN1CC(Nc2cc(COC)ncn2)CC1=O. The number of hydrogen-bond acceptors (Lipinski definition) is 5. The molecule has 1 atom stereocenters. The number of carbonyl (C=O) groups excluding carboxylic acids is 1. The van der Waals surface area contributed by atoms with Crippen LogP contribution in [0.5, 0.6) is 0 Å². The van der Waals surface area contributed by atoms with Gasteiger partial charge in [-0.2, -0.15) is 0 Å². The summed E-state index contributed by atoms with van der Waals surface area (Å²) in [6, 6.07) is 1.99. The molecule has 104 valence electrons. The largest absolute Gasteiger partial charge is 0.378 e. The van der Waals surface area contributed by atoms with E-state index in [0.29, 0.717) is 13.0 Å². The Hall–Kier alpha value is -1.69. The molecule has 1 fully saturated rings. The minimum Gasteiger partial charge on any atom is -0.378 e. The fourth-order valence-electron chi connectivity index (χ4n) is 2.27. The van der Waals surface area contributed by atoms with Crippen molar-refractivity contribution in [2.75, 3.05) is 25.5 Å². The third-order valence-corrected chi connectivity index (χ3v) is 3.08. The molecule has 0 bridgehead atoms. The Bertz CT molecular complexity index is 438. The normalized spacial score (nSPS) is 18.9. The number of anilines is 1. The molecule has 1 aliphatic rings. The molecule has 0 aliphatic carbocycles. The highest BCUT2D eigenvalue weighted by Crippen LogP contribution is 2.16. The second-order valence-corrected chi connectivity index (χ2v) is 4.71. The van der Waals surface area contributed by atoms with Gasteiger partial charge in [-0.15, -0.1) is 0 Å². The van der Waals surface area contributed by atoms with Crippen LogP contribution < -0.4 is 5.32 Å². The van der Waals surface area contributed by atoms with Crippen molar-refractivity contribution >= 4 is 11.7 Å². The Labute approximate surface area is 113 Å². The molecule has 1 saturated heterocycles. The summed E-state index contributed by atoms with van der Waals surface area (Å²) in [6.07, 6.45) is 3.03. The Kier molecular flexibility index (Phi) is 4.68. The average Bonchev–Trinajstić information content (AvgIpc) is 2.71. The van der Waals surface area contributed by atoms with Gasteiger partial charge in [-0.05, 0) is 6.42 Å². The van der Waals surface area contributed by atoms with Gasteiger partial charge in [0.25, 0.3) is 0 Å². The number of aromatic nitrogens is 2. The van der Waals surface area contributed by atoms with E-state index in [1.54, 1.807) is 7.11 Å². The Morgan fingerprint density at radius 3 is 3.11 bits per heavy atom. The number of methoxy groups -OCH3 is 1. The van der Waals surface area contributed by atoms with E-state index < -0.39 is 0 Å². The highest BCUT2D eigenvalue weighted by Gasteiger charge is 2.28. The van der Waals surface area contributed by atoms with Crippen molar-refractivity contribution in [1.29, 1.82) is 0 Å². The molecule has 6 heteroatoms. The van der Waals surface area contributed by atoms with Gasteiger partial charge in [0.05, 0.1) is 18.3 Å². The fraction of sp³-hybridized carbons (Fsp3) is 0.615. The first-order chi connectivity index (χ1) is 9.22. The molecule has 0 spiro atoms. The van der Waals surface area contributed by atoms with E-state index in [1.807, 2.05) is 11.0 Å². The smallest absolute Gasteiger partial charge is 0.224 e. The summed E-state index contributed by atoms with van der Waals surface area (Å²) in [6.45, 7) is 4.12. The molecule has 1 N–H and O–H groups in total. The monoisotopic (exact) mass is 264 g/mol. The molecule has 0 radical (unpaired) electrons. The maximum absolute atomic E-state index is 11.8. The molecule has 1 aliphatic heterocycles. The summed E-state index contributed by atoms with van der Waals surface area (Å²) in [4.78, 5) is 21.9. The van der Waals surface area contributed by atoms with E-state index in [0.717, 1.165) is 31.0 Å². The highest BCUT2D eigenvalue weighted by molar-refractivity contribution is 5.79. The molecule has 1 aromatic heterocycles. The molecule has 6 nitrogen and oxygen atoms in total. The summed E-state index contributed by atoms with van der Waals surface area (Å²) in [5, 5.41) is 3.29. The molecule has 2 rings (SSSR count). The third-order valence-electron chi connectivity index (χ3n) is 3.08. The summed E-state index contributed by atoms with van der Waals surface area (Å²) in [5.74, 6) is 0.962. The van der Waals surface area contributed by atoms with Crippen LogP contribution in [0.4, 0.5) is 5.82 Å². The van der Waals surface area contributed by atoms with Crippen molar-refractivity contribution in [1.82, 2.24) is 14.9 Å². The average molecular weight is 264 g/mol. The zero-order chi connectivity index (χ0) is 13.7. The van der Waals surface area contributed by atoms with Gasteiger partial charge in [0, 0.05) is 32.7 Å². The molecule has 2 heterocycles. The molecule has 1 amide bonds. The number of nitrogens with zero attached hydrogens (tertiary/aromatic N) is 3. The fourth-order valence-corrected chi connectivity index (χ4v) is 2.27. The van der Waals surface area contributed by atoms with Crippen molar-refractivity contribution in [2.45, 2.75) is 32.4 Å². The standard InChI is InChI=1S/C13H20N4O2/c1-3-4-17-7-10(6-13(17)18)16-12-5-11(8-19-2)14-9-15-12/h5,9-10H,3-4,6-8H2,1-2H3,(H,14,15,16). The van der Waals surface area contributed by atoms with Gasteiger partial charge in [-0.25, -0.2) is 9.97 Å². The third kappa shape index (κ3) is 3.64. The first-order valence-electron chi connectivity index (χ1n) is 6.57. The van der Waals surface area contributed by atoms with Crippen LogP contribution in [-0.2, 0) is 16.1 Å². The first kappa shape index (κ1) is 13.7. The molecule has 0 aromatic carbocycles. The van der Waals surface area contributed by atoms with E-state index >= 15 is 0 Å². The molecule has 19 heavy (non-hydrogen) atoms. The van der Waals surface area contributed by atoms with Crippen LogP contribution in [0, 0.1) is 0 Å². The van der Waals surface area contributed by atoms with Gasteiger partial charge in [-0.3, -0.25) is 4.79 Å². The van der Waals surface area contributed by atoms with Gasteiger partial charge >= 0.3 is 0 Å². The molecular formula is C13H20N4O2. The number of hydrogen-bond donors (Lipinski definition) is 1. The second kappa shape index (κ2) is 6.47. The van der Waals surface area contributed by atoms with Crippen molar-refractivity contribution in [3.8, 4) is 0 Å². The van der Waals surface area contributed by atoms with Crippen LogP contribution in [0.25, 0.3) is 0 Å². The second-order valence-electron chi connectivity index (χ2n) is 4.71. The van der Waals surface area contributed by atoms with Crippen LogP contribution in [-0.4, -0.2) is 47.0 Å². The van der Waals surface area contributed by atoms with Crippen LogP contribution in [0.2, 0.25) is 0 Å². The number of nitrogens with one attached hydrogen (secondary N) is 1. The van der Waals surface area contributed by atoms with E-state index in [1.165, 1.54) is 6.33 Å². The van der Waals surface area contributed by atoms with E-state index in [-0.39, 0.29) is 11.9 Å². The van der Waals surface area contributed by atoms with Crippen LogP contribution in [0.15, 0.2) is 12.4 Å². The molecule has 0 saturated carbocycles. The lowest BCUT2D eigenvalue weighted by molar-refractivity contribution is -0.127. The van der Waals surface area contributed by atoms with Gasteiger partial charge in [0.1, 0.15) is 12.1 Å². The number of rotatable bonds is 6. The van der Waals surface area contributed by atoms with Gasteiger partial charge in [-0.1, -0.05) is 6.92 Å². The topological polar surface area (TPSA) is 67.3 Å². The van der Waals surface area contributed by atoms with Gasteiger partial charge < -0.3 is 15.0 Å². The zero-order valence-electron chi connectivity index (χ0n) is 11.4. The van der Waals surface area contributed by atoms with Crippen LogP contribution >= 0.6 is 0 Å². The zero-order valence-corrected chi connectivity index (χ0v) is 11.4. The van der Waals surface area contributed by atoms with Crippen molar-refractivity contribution < 1.29 is 9.53 Å². The predicted octanol–water partition coefficient (Wildman–Crippen LogP) is 1.05. The Morgan fingerprint density at radius 2 is 2.37 bits per heavy atom. The summed E-state index contributed by atoms with van der Waals surface area (Å²) in [5.41, 5.74) is 0.828. The van der Waals surface area contributed by atoms with Crippen molar-refractivity contribution in [3.63, 3.8) is 0 Å². The van der Waals surface area contributed by atoms with Gasteiger partial charge in [0.2, 0.25) is 5.91 Å². The quantitative estimate of drug-likeness (QED) is 0.831. The van der Waals surface area contributed by atoms with Crippen molar-refractivity contribution in [2.24, 2.45) is 0 Å². The van der Waals surface area contributed by atoms with Crippen molar-refractivity contribution in [3.05, 3.63) is 18.1 Å². The number of amides is 1. The first-order valence-corrected chi connectivity index (χ1v) is 6.57. The highest BCUT2D eigenvalue weighted by atomic mass is 16.5. The Balaban J connectivity index is 1.94. The molecule has 1 unspecified atom stereocenters. The molecule has 1 aromatic rings. The lowest BCUT2D eigenvalue weighted by Crippen LogP contribution is -2.28. The molecular weight excluding hydrogens is 244 g/mol. The van der Waals surface area contributed by atoms with E-state index in [4.69, 9.17) is 4.74 Å². The van der Waals surface area contributed by atoms with Crippen LogP contribution in [0.1, 0.15) is 25.5 Å².